The molecule has 0 saturated heterocycles. The number of amides is 2. The van der Waals surface area contributed by atoms with Crippen molar-refractivity contribution in [2.45, 2.75) is 6.54 Å². The molecule has 122 valence electrons. The predicted molar refractivity (Wildman–Crippen MR) is 91.2 cm³/mol. The van der Waals surface area contributed by atoms with Crippen molar-refractivity contribution in [1.82, 2.24) is 4.90 Å². The Hall–Kier alpha value is -3.54. The van der Waals surface area contributed by atoms with Gasteiger partial charge < -0.3 is 0 Å². The minimum atomic E-state index is -0.488. The van der Waals surface area contributed by atoms with Gasteiger partial charge in [-0.3, -0.25) is 24.6 Å². The van der Waals surface area contributed by atoms with Gasteiger partial charge in [-0.1, -0.05) is 36.4 Å². The van der Waals surface area contributed by atoms with Gasteiger partial charge in [0.1, 0.15) is 0 Å². The minimum absolute atomic E-state index is 0.0323. The molecule has 3 aromatic rings. The number of carbonyl (C=O) groups is 2. The van der Waals surface area contributed by atoms with Crippen molar-refractivity contribution in [2.75, 3.05) is 0 Å². The molecule has 0 atom stereocenters. The fourth-order valence-electron chi connectivity index (χ4n) is 3.13. The third kappa shape index (κ3) is 2.35. The van der Waals surface area contributed by atoms with Crippen LogP contribution in [0, 0.1) is 10.1 Å². The van der Waals surface area contributed by atoms with Crippen LogP contribution in [0.3, 0.4) is 0 Å². The molecule has 0 unspecified atom stereocenters. The first kappa shape index (κ1) is 15.0. The lowest BCUT2D eigenvalue weighted by atomic mass is 9.94. The van der Waals surface area contributed by atoms with E-state index in [9.17, 15) is 19.7 Å². The summed E-state index contributed by atoms with van der Waals surface area (Å²) in [6.07, 6.45) is 0. The van der Waals surface area contributed by atoms with Crippen molar-refractivity contribution >= 4 is 28.3 Å². The molecule has 0 bridgehead atoms. The Morgan fingerprint density at radius 2 is 1.40 bits per heavy atom. The maximum absolute atomic E-state index is 12.8. The number of nitro groups is 1. The van der Waals surface area contributed by atoms with Crippen LogP contribution in [0.15, 0.2) is 60.7 Å². The number of benzene rings is 3. The Balaban J connectivity index is 1.74. The van der Waals surface area contributed by atoms with Gasteiger partial charge in [0.25, 0.3) is 17.5 Å². The highest BCUT2D eigenvalue weighted by atomic mass is 16.6. The van der Waals surface area contributed by atoms with Crippen LogP contribution in [0.5, 0.6) is 0 Å². The first-order chi connectivity index (χ1) is 12.1. The van der Waals surface area contributed by atoms with E-state index in [0.29, 0.717) is 22.1 Å². The fourth-order valence-corrected chi connectivity index (χ4v) is 3.13. The van der Waals surface area contributed by atoms with Gasteiger partial charge in [0.15, 0.2) is 0 Å². The van der Waals surface area contributed by atoms with Crippen LogP contribution in [-0.4, -0.2) is 21.6 Å². The summed E-state index contributed by atoms with van der Waals surface area (Å²) < 4.78 is 0. The summed E-state index contributed by atoms with van der Waals surface area (Å²) in [7, 11) is 0. The Labute approximate surface area is 142 Å². The average Bonchev–Trinajstić information content (AvgIpc) is 2.63. The zero-order valence-corrected chi connectivity index (χ0v) is 13.0. The number of hydrogen-bond acceptors (Lipinski definition) is 4. The van der Waals surface area contributed by atoms with E-state index in [-0.39, 0.29) is 24.0 Å². The van der Waals surface area contributed by atoms with Crippen molar-refractivity contribution < 1.29 is 14.5 Å². The lowest BCUT2D eigenvalue weighted by Gasteiger charge is -2.27. The number of nitrogens with zero attached hydrogens (tertiary/aromatic N) is 2. The average molecular weight is 332 g/mol. The maximum Gasteiger partial charge on any atom is 0.269 e. The molecule has 0 radical (unpaired) electrons. The number of nitro benzene ring substituents is 1. The van der Waals surface area contributed by atoms with Gasteiger partial charge in [-0.15, -0.1) is 0 Å². The van der Waals surface area contributed by atoms with Crippen LogP contribution >= 0.6 is 0 Å². The summed E-state index contributed by atoms with van der Waals surface area (Å²) in [5.74, 6) is -0.708. The Kier molecular flexibility index (Phi) is 3.32. The maximum atomic E-state index is 12.8. The molecule has 0 fully saturated rings. The fraction of sp³-hybridized carbons (Fsp3) is 0.0526. The molecule has 6 heteroatoms. The first-order valence-electron chi connectivity index (χ1n) is 7.67. The predicted octanol–water partition coefficient (Wildman–Crippen LogP) is 3.54. The number of carbonyl (C=O) groups excluding carboxylic acids is 2. The molecule has 1 heterocycles. The third-order valence-corrected chi connectivity index (χ3v) is 4.34. The van der Waals surface area contributed by atoms with Gasteiger partial charge in [-0.25, -0.2) is 0 Å². The lowest BCUT2D eigenvalue weighted by molar-refractivity contribution is -0.384. The quantitative estimate of drug-likeness (QED) is 0.417. The van der Waals surface area contributed by atoms with Gasteiger partial charge >= 0.3 is 0 Å². The van der Waals surface area contributed by atoms with E-state index >= 15 is 0 Å². The van der Waals surface area contributed by atoms with E-state index in [0.717, 1.165) is 5.39 Å². The summed E-state index contributed by atoms with van der Waals surface area (Å²) in [5.41, 5.74) is 1.61. The molecule has 0 aliphatic carbocycles. The SMILES string of the molecule is O=C1c2cccc3cccc(c23)C(=O)N1Cc1ccc([N+](=O)[O-])cc1. The van der Waals surface area contributed by atoms with E-state index < -0.39 is 4.92 Å². The topological polar surface area (TPSA) is 80.5 Å². The Bertz CT molecular complexity index is 990. The van der Waals surface area contributed by atoms with Gasteiger partial charge in [-0.05, 0) is 23.1 Å². The van der Waals surface area contributed by atoms with E-state index in [4.69, 9.17) is 0 Å². The van der Waals surface area contributed by atoms with Crippen LogP contribution in [-0.2, 0) is 6.54 Å². The highest BCUT2D eigenvalue weighted by Gasteiger charge is 2.32. The molecular weight excluding hydrogens is 320 g/mol. The van der Waals surface area contributed by atoms with Crippen molar-refractivity contribution in [2.24, 2.45) is 0 Å². The van der Waals surface area contributed by atoms with Crippen molar-refractivity contribution in [3.63, 3.8) is 0 Å². The van der Waals surface area contributed by atoms with Crippen molar-refractivity contribution in [3.05, 3.63) is 87.5 Å². The number of hydrogen-bond donors (Lipinski definition) is 0. The van der Waals surface area contributed by atoms with Gasteiger partial charge in [0.05, 0.1) is 11.5 Å². The molecule has 0 N–H and O–H groups in total. The largest absolute Gasteiger partial charge is 0.270 e. The number of imide groups is 1. The highest BCUT2D eigenvalue weighted by Crippen LogP contribution is 2.30. The second kappa shape index (κ2) is 5.52. The van der Waals surface area contributed by atoms with Crippen LogP contribution in [0.25, 0.3) is 10.8 Å². The standard InChI is InChI=1S/C19H12N2O4/c22-18-15-5-1-3-13-4-2-6-16(17(13)15)19(23)20(18)11-12-7-9-14(10-8-12)21(24)25/h1-10H,11H2. The number of non-ortho nitro benzene ring substituents is 1. The van der Waals surface area contributed by atoms with E-state index in [2.05, 4.69) is 0 Å². The third-order valence-electron chi connectivity index (χ3n) is 4.34. The molecule has 0 aromatic heterocycles. The molecule has 1 aliphatic heterocycles. The summed E-state index contributed by atoms with van der Waals surface area (Å²) in [6.45, 7) is 0.0698. The highest BCUT2D eigenvalue weighted by molar-refractivity contribution is 6.25. The minimum Gasteiger partial charge on any atom is -0.270 e. The summed E-state index contributed by atoms with van der Waals surface area (Å²) in [4.78, 5) is 37.0. The Morgan fingerprint density at radius 1 is 0.840 bits per heavy atom. The summed E-state index contributed by atoms with van der Waals surface area (Å²) in [6, 6.07) is 16.6. The smallest absolute Gasteiger partial charge is 0.269 e. The van der Waals surface area contributed by atoms with Gasteiger partial charge in [-0.2, -0.15) is 0 Å². The van der Waals surface area contributed by atoms with Crippen LogP contribution in [0.2, 0.25) is 0 Å². The van der Waals surface area contributed by atoms with E-state index in [1.54, 1.807) is 36.4 Å². The molecule has 1 aliphatic rings. The molecule has 0 saturated carbocycles. The van der Waals surface area contributed by atoms with Crippen molar-refractivity contribution in [3.8, 4) is 0 Å². The molecular formula is C19H12N2O4. The zero-order valence-electron chi connectivity index (χ0n) is 13.0. The van der Waals surface area contributed by atoms with Gasteiger partial charge in [0, 0.05) is 28.6 Å². The van der Waals surface area contributed by atoms with Crippen LogP contribution < -0.4 is 0 Å². The molecule has 3 aromatic carbocycles. The Morgan fingerprint density at radius 3 is 1.92 bits per heavy atom. The van der Waals surface area contributed by atoms with E-state index in [1.807, 2.05) is 12.1 Å². The monoisotopic (exact) mass is 332 g/mol. The second-order valence-corrected chi connectivity index (χ2v) is 5.83. The molecule has 0 spiro atoms. The molecule has 25 heavy (non-hydrogen) atoms. The first-order valence-corrected chi connectivity index (χ1v) is 7.67. The second-order valence-electron chi connectivity index (χ2n) is 5.83. The van der Waals surface area contributed by atoms with Crippen LogP contribution in [0.1, 0.15) is 26.3 Å². The van der Waals surface area contributed by atoms with Crippen LogP contribution in [0.4, 0.5) is 5.69 Å². The summed E-state index contributed by atoms with van der Waals surface area (Å²) >= 11 is 0. The van der Waals surface area contributed by atoms with Gasteiger partial charge in [0.2, 0.25) is 0 Å². The zero-order chi connectivity index (χ0) is 17.6. The number of rotatable bonds is 3. The van der Waals surface area contributed by atoms with E-state index in [1.165, 1.54) is 17.0 Å². The lowest BCUT2D eigenvalue weighted by Crippen LogP contribution is -2.39. The molecule has 4 rings (SSSR count). The normalized spacial score (nSPS) is 13.4. The molecule has 2 amide bonds. The summed E-state index contributed by atoms with van der Waals surface area (Å²) in [5, 5.41) is 12.3. The molecule has 6 nitrogen and oxygen atoms in total. The van der Waals surface area contributed by atoms with Crippen molar-refractivity contribution in [1.29, 1.82) is 0 Å².